The van der Waals surface area contributed by atoms with Gasteiger partial charge in [0.2, 0.25) is 5.75 Å². The molecule has 39 heavy (non-hydrogen) atoms. The average molecular weight is 559 g/mol. The van der Waals surface area contributed by atoms with Crippen LogP contribution in [0, 0.1) is 5.82 Å². The van der Waals surface area contributed by atoms with Gasteiger partial charge >= 0.3 is 0 Å². The van der Waals surface area contributed by atoms with E-state index in [1.807, 2.05) is 13.8 Å². The lowest BCUT2D eigenvalue weighted by atomic mass is 9.82. The third kappa shape index (κ3) is 5.86. The minimum atomic E-state index is -0.836. The molecule has 0 radical (unpaired) electrons. The van der Waals surface area contributed by atoms with Crippen molar-refractivity contribution in [3.8, 4) is 5.75 Å². The number of carbonyl (C=O) groups is 1. The molecule has 0 bridgehead atoms. The van der Waals surface area contributed by atoms with E-state index in [-0.39, 0.29) is 11.5 Å². The SMILES string of the molecule is COC(C)(C)Cn1cc([C@H](c2cc(F)ccc2Cl)[C@@H](C)c2nc(C(=O)Nc3cnoc3)c(O)c(=O)n2C)cn1. The average Bonchev–Trinajstić information content (AvgIpc) is 3.57. The Morgan fingerprint density at radius 3 is 2.74 bits per heavy atom. The van der Waals surface area contributed by atoms with Crippen molar-refractivity contribution in [2.24, 2.45) is 7.05 Å². The molecule has 0 saturated carbocycles. The van der Waals surface area contributed by atoms with Crippen molar-refractivity contribution in [3.05, 3.63) is 86.9 Å². The Balaban J connectivity index is 1.83. The van der Waals surface area contributed by atoms with E-state index in [4.69, 9.17) is 20.9 Å². The van der Waals surface area contributed by atoms with Crippen molar-refractivity contribution < 1.29 is 23.6 Å². The van der Waals surface area contributed by atoms with Gasteiger partial charge in [0.05, 0.1) is 24.5 Å². The van der Waals surface area contributed by atoms with Crippen molar-refractivity contribution in [3.63, 3.8) is 0 Å². The van der Waals surface area contributed by atoms with E-state index in [9.17, 15) is 19.1 Å². The van der Waals surface area contributed by atoms with Gasteiger partial charge in [-0.25, -0.2) is 9.37 Å². The second-order valence-corrected chi connectivity index (χ2v) is 10.2. The molecule has 0 aliphatic heterocycles. The van der Waals surface area contributed by atoms with Crippen LogP contribution in [0.25, 0.3) is 0 Å². The second kappa shape index (κ2) is 11.0. The van der Waals surface area contributed by atoms with Crippen LogP contribution in [0.5, 0.6) is 5.75 Å². The number of nitrogens with zero attached hydrogens (tertiary/aromatic N) is 5. The first-order chi connectivity index (χ1) is 18.4. The summed E-state index contributed by atoms with van der Waals surface area (Å²) in [6.07, 6.45) is 5.86. The van der Waals surface area contributed by atoms with Crippen LogP contribution in [0.1, 0.15) is 60.0 Å². The van der Waals surface area contributed by atoms with Gasteiger partial charge in [-0.05, 0) is 43.2 Å². The number of ether oxygens (including phenoxy) is 1. The third-order valence-corrected chi connectivity index (χ3v) is 6.86. The summed E-state index contributed by atoms with van der Waals surface area (Å²) >= 11 is 6.54. The van der Waals surface area contributed by atoms with Crippen LogP contribution >= 0.6 is 11.6 Å². The number of aromatic hydroxyl groups is 1. The van der Waals surface area contributed by atoms with Crippen molar-refractivity contribution >= 4 is 23.2 Å². The Hall–Kier alpha value is -4.03. The predicted molar refractivity (Wildman–Crippen MR) is 141 cm³/mol. The zero-order chi connectivity index (χ0) is 28.5. The molecule has 0 fully saturated rings. The Kier molecular flexibility index (Phi) is 7.89. The molecule has 0 aliphatic rings. The second-order valence-electron chi connectivity index (χ2n) is 9.77. The van der Waals surface area contributed by atoms with Crippen molar-refractivity contribution in [1.29, 1.82) is 0 Å². The number of hydrogen-bond donors (Lipinski definition) is 2. The van der Waals surface area contributed by atoms with Crippen molar-refractivity contribution in [2.45, 2.75) is 44.8 Å². The number of rotatable bonds is 9. The fourth-order valence-corrected chi connectivity index (χ4v) is 4.59. The highest BCUT2D eigenvalue weighted by Gasteiger charge is 2.32. The molecule has 206 valence electrons. The lowest BCUT2D eigenvalue weighted by Crippen LogP contribution is -2.29. The topological polar surface area (TPSA) is 137 Å². The van der Waals surface area contributed by atoms with E-state index in [0.29, 0.717) is 22.7 Å². The van der Waals surface area contributed by atoms with Crippen LogP contribution in [0.3, 0.4) is 0 Å². The molecule has 1 amide bonds. The monoisotopic (exact) mass is 558 g/mol. The zero-order valence-corrected chi connectivity index (χ0v) is 22.7. The first kappa shape index (κ1) is 28.0. The normalized spacial score (nSPS) is 13.3. The molecule has 4 aromatic rings. The fraction of sp³-hybridized carbons (Fsp3) is 0.346. The highest BCUT2D eigenvalue weighted by Crippen LogP contribution is 2.41. The largest absolute Gasteiger partial charge is 0.501 e. The highest BCUT2D eigenvalue weighted by atomic mass is 35.5. The summed E-state index contributed by atoms with van der Waals surface area (Å²) in [5.74, 6) is -3.28. The van der Waals surface area contributed by atoms with Gasteiger partial charge in [-0.1, -0.05) is 23.7 Å². The maximum atomic E-state index is 14.4. The van der Waals surface area contributed by atoms with E-state index in [1.165, 1.54) is 37.7 Å². The van der Waals surface area contributed by atoms with Crippen LogP contribution in [-0.2, 0) is 18.3 Å². The molecule has 3 aromatic heterocycles. The Bertz CT molecular complexity index is 1550. The smallest absolute Gasteiger partial charge is 0.296 e. The Morgan fingerprint density at radius 2 is 2.08 bits per heavy atom. The molecule has 0 unspecified atom stereocenters. The number of amides is 1. The summed E-state index contributed by atoms with van der Waals surface area (Å²) in [5.41, 5.74) is -0.498. The third-order valence-electron chi connectivity index (χ3n) is 6.51. The molecule has 2 atom stereocenters. The Morgan fingerprint density at radius 1 is 1.33 bits per heavy atom. The number of nitrogens with one attached hydrogen (secondary N) is 1. The van der Waals surface area contributed by atoms with Crippen LogP contribution in [0.2, 0.25) is 5.02 Å². The van der Waals surface area contributed by atoms with Gasteiger partial charge in [0, 0.05) is 37.2 Å². The highest BCUT2D eigenvalue weighted by molar-refractivity contribution is 6.31. The lowest BCUT2D eigenvalue weighted by molar-refractivity contribution is 0.00539. The molecular formula is C26H28ClFN6O5. The Labute approximate surface area is 228 Å². The van der Waals surface area contributed by atoms with E-state index in [1.54, 1.807) is 31.1 Å². The molecule has 0 aliphatic carbocycles. The van der Waals surface area contributed by atoms with Gasteiger partial charge in [0.1, 0.15) is 23.6 Å². The van der Waals surface area contributed by atoms with Crippen molar-refractivity contribution in [2.75, 3.05) is 12.4 Å². The van der Waals surface area contributed by atoms with E-state index < -0.39 is 46.2 Å². The van der Waals surface area contributed by atoms with Crippen LogP contribution in [0.4, 0.5) is 10.1 Å². The summed E-state index contributed by atoms with van der Waals surface area (Å²) in [6.45, 7) is 6.04. The number of methoxy groups -OCH3 is 1. The predicted octanol–water partition coefficient (Wildman–Crippen LogP) is 4.08. The number of anilines is 1. The summed E-state index contributed by atoms with van der Waals surface area (Å²) in [7, 11) is 3.03. The quantitative estimate of drug-likeness (QED) is 0.313. The molecular weight excluding hydrogens is 531 g/mol. The molecule has 4 rings (SSSR count). The first-order valence-corrected chi connectivity index (χ1v) is 12.3. The lowest BCUT2D eigenvalue weighted by Gasteiger charge is -2.26. The van der Waals surface area contributed by atoms with E-state index in [0.717, 1.165) is 4.57 Å². The number of aromatic nitrogens is 5. The minimum Gasteiger partial charge on any atom is -0.501 e. The van der Waals surface area contributed by atoms with Gasteiger partial charge in [-0.3, -0.25) is 18.8 Å². The standard InChI is InChI=1S/C26H28ClFN6O5/c1-14(23-32-21(22(35)25(37)33(23)4)24(36)31-17-10-30-39-12-17)20(18-8-16(28)6-7-19(18)27)15-9-29-34(11-15)13-26(2,3)38-5/h6-12,14,20,35H,13H2,1-5H3,(H,31,36)/t14-,20-/m1/s1. The summed E-state index contributed by atoms with van der Waals surface area (Å²) in [6, 6.07) is 4.02. The first-order valence-electron chi connectivity index (χ1n) is 11.9. The van der Waals surface area contributed by atoms with E-state index >= 15 is 0 Å². The molecule has 11 nitrogen and oxygen atoms in total. The van der Waals surface area contributed by atoms with Crippen molar-refractivity contribution in [1.82, 2.24) is 24.5 Å². The van der Waals surface area contributed by atoms with E-state index in [2.05, 4.69) is 20.6 Å². The molecule has 1 aromatic carbocycles. The van der Waals surface area contributed by atoms with Gasteiger partial charge < -0.3 is 19.7 Å². The van der Waals surface area contributed by atoms with Gasteiger partial charge in [0.25, 0.3) is 11.5 Å². The van der Waals surface area contributed by atoms with Gasteiger partial charge in [0.15, 0.2) is 5.69 Å². The fourth-order valence-electron chi connectivity index (χ4n) is 4.35. The molecule has 2 N–H and O–H groups in total. The number of hydrogen-bond acceptors (Lipinski definition) is 8. The van der Waals surface area contributed by atoms with Crippen LogP contribution in [0.15, 0.2) is 52.4 Å². The summed E-state index contributed by atoms with van der Waals surface area (Å²) in [5, 5.41) is 21.2. The molecule has 13 heteroatoms. The summed E-state index contributed by atoms with van der Waals surface area (Å²) in [4.78, 5) is 30.3. The van der Waals surface area contributed by atoms with Gasteiger partial charge in [-0.2, -0.15) is 5.10 Å². The van der Waals surface area contributed by atoms with Crippen LogP contribution < -0.4 is 10.9 Å². The zero-order valence-electron chi connectivity index (χ0n) is 22.0. The molecule has 3 heterocycles. The maximum absolute atomic E-state index is 14.4. The molecule has 0 saturated heterocycles. The number of halogens is 2. The summed E-state index contributed by atoms with van der Waals surface area (Å²) < 4.78 is 27.5. The van der Waals surface area contributed by atoms with Gasteiger partial charge in [-0.15, -0.1) is 0 Å². The number of carbonyl (C=O) groups excluding carboxylic acids is 1. The molecule has 0 spiro atoms. The maximum Gasteiger partial charge on any atom is 0.296 e. The minimum absolute atomic E-state index is 0.156. The van der Waals surface area contributed by atoms with Crippen LogP contribution in [-0.4, -0.2) is 48.2 Å². The number of benzene rings is 1.